The summed E-state index contributed by atoms with van der Waals surface area (Å²) in [6.45, 7) is 4.09. The summed E-state index contributed by atoms with van der Waals surface area (Å²) in [6, 6.07) is 0.196. The number of nitrogens with two attached hydrogens (primary N) is 1. The van der Waals surface area contributed by atoms with Crippen molar-refractivity contribution >= 4 is 5.91 Å². The molecule has 1 amide bonds. The number of ether oxygens (including phenoxy) is 1. The second kappa shape index (κ2) is 4.75. The number of nitrogens with zero attached hydrogens (tertiary/aromatic N) is 1. The van der Waals surface area contributed by atoms with Gasteiger partial charge in [-0.05, 0) is 12.8 Å². The minimum atomic E-state index is 0.196. The molecule has 1 atom stereocenters. The molecule has 2 fully saturated rings. The zero-order chi connectivity index (χ0) is 9.80. The number of carbonyl (C=O) groups is 1. The number of quaternary nitrogens is 1. The molecule has 0 aromatic carbocycles. The van der Waals surface area contributed by atoms with E-state index in [2.05, 4.69) is 5.32 Å². The van der Waals surface area contributed by atoms with Gasteiger partial charge in [-0.25, -0.2) is 0 Å². The summed E-state index contributed by atoms with van der Waals surface area (Å²) in [5.41, 5.74) is 0. The maximum absolute atomic E-state index is 12.0. The van der Waals surface area contributed by atoms with Gasteiger partial charge < -0.3 is 15.0 Å². The Morgan fingerprint density at radius 3 is 2.71 bits per heavy atom. The molecule has 2 aliphatic heterocycles. The first-order chi connectivity index (χ1) is 6.88. The first kappa shape index (κ1) is 9.93. The fraction of sp³-hybridized carbons (Fsp3) is 0.900. The van der Waals surface area contributed by atoms with Crippen LogP contribution in [0, 0.1) is 0 Å². The fourth-order valence-corrected chi connectivity index (χ4v) is 2.19. The van der Waals surface area contributed by atoms with Crippen molar-refractivity contribution in [2.24, 2.45) is 0 Å². The van der Waals surface area contributed by atoms with Gasteiger partial charge in [0.25, 0.3) is 5.91 Å². The Balaban J connectivity index is 1.85. The molecule has 2 N–H and O–H groups in total. The van der Waals surface area contributed by atoms with E-state index in [0.717, 1.165) is 26.1 Å². The van der Waals surface area contributed by atoms with Crippen molar-refractivity contribution in [1.82, 2.24) is 4.90 Å². The van der Waals surface area contributed by atoms with Gasteiger partial charge in [-0.1, -0.05) is 0 Å². The lowest BCUT2D eigenvalue weighted by Gasteiger charge is -2.30. The summed E-state index contributed by atoms with van der Waals surface area (Å²) in [6.07, 6.45) is 3.51. The molecule has 0 saturated carbocycles. The predicted molar refractivity (Wildman–Crippen MR) is 51.8 cm³/mol. The van der Waals surface area contributed by atoms with E-state index in [4.69, 9.17) is 4.74 Å². The number of rotatable bonds is 1. The molecule has 0 aromatic rings. The highest BCUT2D eigenvalue weighted by molar-refractivity contribution is 5.80. The van der Waals surface area contributed by atoms with Gasteiger partial charge >= 0.3 is 0 Å². The van der Waals surface area contributed by atoms with Crippen molar-refractivity contribution in [3.05, 3.63) is 0 Å². The van der Waals surface area contributed by atoms with Crippen LogP contribution in [0.1, 0.15) is 19.3 Å². The number of piperidine rings is 1. The number of hydrogen-bond donors (Lipinski definition) is 1. The van der Waals surface area contributed by atoms with Crippen LogP contribution in [0.5, 0.6) is 0 Å². The van der Waals surface area contributed by atoms with E-state index in [1.165, 1.54) is 12.8 Å². The Kier molecular flexibility index (Phi) is 3.37. The van der Waals surface area contributed by atoms with Crippen molar-refractivity contribution in [3.8, 4) is 0 Å². The maximum atomic E-state index is 12.0. The molecule has 80 valence electrons. The van der Waals surface area contributed by atoms with E-state index in [1.54, 1.807) is 0 Å². The lowest BCUT2D eigenvalue weighted by molar-refractivity contribution is -0.685. The van der Waals surface area contributed by atoms with Crippen molar-refractivity contribution in [2.45, 2.75) is 25.3 Å². The highest BCUT2D eigenvalue weighted by atomic mass is 16.5. The third-order valence-electron chi connectivity index (χ3n) is 3.06. The summed E-state index contributed by atoms with van der Waals surface area (Å²) in [5.74, 6) is 0.327. The fourth-order valence-electron chi connectivity index (χ4n) is 2.19. The topological polar surface area (TPSA) is 46.2 Å². The molecule has 2 saturated heterocycles. The molecule has 0 unspecified atom stereocenters. The van der Waals surface area contributed by atoms with Gasteiger partial charge in [0.05, 0.1) is 19.8 Å². The summed E-state index contributed by atoms with van der Waals surface area (Å²) >= 11 is 0. The molecule has 2 aliphatic rings. The normalized spacial score (nSPS) is 28.9. The zero-order valence-electron chi connectivity index (χ0n) is 8.58. The number of amides is 1. The zero-order valence-corrected chi connectivity index (χ0v) is 8.58. The van der Waals surface area contributed by atoms with Crippen molar-refractivity contribution < 1.29 is 14.8 Å². The van der Waals surface area contributed by atoms with Gasteiger partial charge in [0.2, 0.25) is 0 Å². The monoisotopic (exact) mass is 199 g/mol. The summed E-state index contributed by atoms with van der Waals surface area (Å²) < 4.78 is 5.23. The quantitative estimate of drug-likeness (QED) is 0.586. The Morgan fingerprint density at radius 2 is 2.07 bits per heavy atom. The predicted octanol–water partition coefficient (Wildman–Crippen LogP) is -1.04. The maximum Gasteiger partial charge on any atom is 0.280 e. The molecule has 0 radical (unpaired) electrons. The molecule has 4 nitrogen and oxygen atoms in total. The lowest BCUT2D eigenvalue weighted by Crippen LogP contribution is -2.94. The van der Waals surface area contributed by atoms with Gasteiger partial charge in [-0.15, -0.1) is 0 Å². The van der Waals surface area contributed by atoms with Gasteiger partial charge in [0.15, 0.2) is 6.04 Å². The SMILES string of the molecule is O=C([C@H]1CCCC[NH2+]1)N1CCOCC1. The van der Waals surface area contributed by atoms with Crippen molar-refractivity contribution in [1.29, 1.82) is 0 Å². The molecular weight excluding hydrogens is 180 g/mol. The van der Waals surface area contributed by atoms with E-state index in [0.29, 0.717) is 19.1 Å². The Bertz CT molecular complexity index is 176. The molecule has 2 rings (SSSR count). The van der Waals surface area contributed by atoms with E-state index in [1.807, 2.05) is 4.90 Å². The third kappa shape index (κ3) is 2.25. The Hall–Kier alpha value is -0.610. The summed E-state index contributed by atoms with van der Waals surface area (Å²) in [5, 5.41) is 2.20. The van der Waals surface area contributed by atoms with Gasteiger partial charge in [-0.2, -0.15) is 0 Å². The van der Waals surface area contributed by atoms with E-state index < -0.39 is 0 Å². The van der Waals surface area contributed by atoms with Gasteiger partial charge in [0.1, 0.15) is 0 Å². The molecule has 0 aliphatic carbocycles. The van der Waals surface area contributed by atoms with Crippen LogP contribution in [-0.4, -0.2) is 49.7 Å². The second-order valence-corrected chi connectivity index (χ2v) is 4.06. The van der Waals surface area contributed by atoms with Gasteiger partial charge in [0, 0.05) is 19.5 Å². The van der Waals surface area contributed by atoms with Crippen molar-refractivity contribution in [2.75, 3.05) is 32.8 Å². The molecule has 0 bridgehead atoms. The molecule has 14 heavy (non-hydrogen) atoms. The molecule has 0 spiro atoms. The van der Waals surface area contributed by atoms with Crippen LogP contribution in [0.2, 0.25) is 0 Å². The van der Waals surface area contributed by atoms with Gasteiger partial charge in [-0.3, -0.25) is 4.79 Å². The smallest absolute Gasteiger partial charge is 0.280 e. The Labute approximate surface area is 84.6 Å². The molecular formula is C10H19N2O2+. The average Bonchev–Trinajstić information content (AvgIpc) is 2.30. The van der Waals surface area contributed by atoms with Crippen LogP contribution in [0.25, 0.3) is 0 Å². The van der Waals surface area contributed by atoms with E-state index >= 15 is 0 Å². The summed E-state index contributed by atoms with van der Waals surface area (Å²) in [4.78, 5) is 13.9. The van der Waals surface area contributed by atoms with Crippen LogP contribution in [0.3, 0.4) is 0 Å². The summed E-state index contributed by atoms with van der Waals surface area (Å²) in [7, 11) is 0. The van der Waals surface area contributed by atoms with Crippen LogP contribution in [0.15, 0.2) is 0 Å². The average molecular weight is 199 g/mol. The van der Waals surface area contributed by atoms with E-state index in [-0.39, 0.29) is 6.04 Å². The van der Waals surface area contributed by atoms with Crippen LogP contribution in [0.4, 0.5) is 0 Å². The first-order valence-corrected chi connectivity index (χ1v) is 5.58. The highest BCUT2D eigenvalue weighted by Crippen LogP contribution is 2.06. The number of carbonyl (C=O) groups excluding carboxylic acids is 1. The largest absolute Gasteiger partial charge is 0.378 e. The van der Waals surface area contributed by atoms with E-state index in [9.17, 15) is 4.79 Å². The number of morpholine rings is 1. The van der Waals surface area contributed by atoms with Crippen LogP contribution < -0.4 is 5.32 Å². The minimum Gasteiger partial charge on any atom is -0.378 e. The van der Waals surface area contributed by atoms with Crippen LogP contribution in [-0.2, 0) is 9.53 Å². The molecule has 2 heterocycles. The standard InChI is InChI=1S/C10H18N2O2/c13-10(9-3-1-2-4-11-9)12-5-7-14-8-6-12/h9,11H,1-8H2/p+1/t9-/m1/s1. The highest BCUT2D eigenvalue weighted by Gasteiger charge is 2.29. The minimum absolute atomic E-state index is 0.196. The lowest BCUT2D eigenvalue weighted by atomic mass is 10.0. The molecule has 4 heteroatoms. The van der Waals surface area contributed by atoms with Crippen LogP contribution >= 0.6 is 0 Å². The second-order valence-electron chi connectivity index (χ2n) is 4.06. The third-order valence-corrected chi connectivity index (χ3v) is 3.06. The molecule has 0 aromatic heterocycles. The number of hydrogen-bond acceptors (Lipinski definition) is 2. The van der Waals surface area contributed by atoms with Crippen molar-refractivity contribution in [3.63, 3.8) is 0 Å². The Morgan fingerprint density at radius 1 is 1.29 bits per heavy atom. The first-order valence-electron chi connectivity index (χ1n) is 5.58.